The third kappa shape index (κ3) is 2.72. The number of carbonyl (C=O) groups is 2. The van der Waals surface area contributed by atoms with E-state index in [4.69, 9.17) is 16.7 Å². The molecule has 0 aliphatic carbocycles. The fraction of sp³-hybridized carbons (Fsp3) is 0.0909. The lowest BCUT2D eigenvalue weighted by molar-refractivity contribution is 0.0697. The summed E-state index contributed by atoms with van der Waals surface area (Å²) in [6, 6.07) is 3.07. The molecule has 0 aromatic carbocycles. The van der Waals surface area contributed by atoms with Crippen molar-refractivity contribution in [3.05, 3.63) is 40.3 Å². The quantitative estimate of drug-likeness (QED) is 0.849. The van der Waals surface area contributed by atoms with Crippen molar-refractivity contribution in [3.8, 4) is 0 Å². The molecule has 0 saturated carbocycles. The number of halogens is 1. The maximum atomic E-state index is 12.0. The summed E-state index contributed by atoms with van der Waals surface area (Å²) in [5, 5.41) is 11.8. The summed E-state index contributed by atoms with van der Waals surface area (Å²) in [5.41, 5.74) is 0.509. The van der Waals surface area contributed by atoms with Crippen LogP contribution in [0, 0.1) is 6.92 Å². The summed E-state index contributed by atoms with van der Waals surface area (Å²) in [7, 11) is 0. The van der Waals surface area contributed by atoms with E-state index in [0.29, 0.717) is 5.69 Å². The first-order valence-electron chi connectivity index (χ1n) is 5.12. The van der Waals surface area contributed by atoms with Gasteiger partial charge in [0.05, 0.1) is 11.3 Å². The van der Waals surface area contributed by atoms with Crippen LogP contribution in [0.2, 0.25) is 5.15 Å². The molecule has 2 aromatic heterocycles. The summed E-state index contributed by atoms with van der Waals surface area (Å²) >= 11 is 6.70. The fourth-order valence-corrected chi connectivity index (χ4v) is 2.42. The average Bonchev–Trinajstić information content (AvgIpc) is 2.70. The highest BCUT2D eigenvalue weighted by Gasteiger charge is 2.20. The van der Waals surface area contributed by atoms with Crippen molar-refractivity contribution in [1.82, 2.24) is 9.36 Å². The summed E-state index contributed by atoms with van der Waals surface area (Å²) in [6.45, 7) is 1.56. The number of amides is 1. The first-order chi connectivity index (χ1) is 9.00. The lowest BCUT2D eigenvalue weighted by Gasteiger charge is -2.04. The van der Waals surface area contributed by atoms with Crippen LogP contribution in [0.15, 0.2) is 18.3 Å². The van der Waals surface area contributed by atoms with Crippen LogP contribution in [0.25, 0.3) is 0 Å². The molecule has 0 fully saturated rings. The number of aromatic nitrogens is 2. The molecule has 0 bridgehead atoms. The molecule has 0 aliphatic heterocycles. The number of aryl methyl sites for hydroxylation is 1. The van der Waals surface area contributed by atoms with Gasteiger partial charge in [0, 0.05) is 6.20 Å². The average molecular weight is 298 g/mol. The Hall–Kier alpha value is -1.99. The van der Waals surface area contributed by atoms with Gasteiger partial charge in [-0.2, -0.15) is 4.37 Å². The van der Waals surface area contributed by atoms with Gasteiger partial charge in [-0.05, 0) is 30.6 Å². The number of nitrogens with one attached hydrogen (secondary N) is 1. The molecule has 98 valence electrons. The topological polar surface area (TPSA) is 92.2 Å². The number of nitrogens with zero attached hydrogens (tertiary/aromatic N) is 2. The van der Waals surface area contributed by atoms with Crippen LogP contribution in [0.3, 0.4) is 0 Å². The van der Waals surface area contributed by atoms with Crippen LogP contribution in [-0.2, 0) is 0 Å². The van der Waals surface area contributed by atoms with Crippen molar-refractivity contribution in [2.45, 2.75) is 6.92 Å². The van der Waals surface area contributed by atoms with E-state index in [9.17, 15) is 9.59 Å². The number of carboxylic acid groups (broad SMARTS) is 1. The molecule has 8 heteroatoms. The zero-order valence-electron chi connectivity index (χ0n) is 9.68. The molecule has 1 amide bonds. The predicted octanol–water partition coefficient (Wildman–Crippen LogP) is 2.45. The highest BCUT2D eigenvalue weighted by Crippen LogP contribution is 2.25. The van der Waals surface area contributed by atoms with Crippen LogP contribution < -0.4 is 5.32 Å². The van der Waals surface area contributed by atoms with Crippen LogP contribution in [0.5, 0.6) is 0 Å². The number of pyridine rings is 1. The Morgan fingerprint density at radius 1 is 1.47 bits per heavy atom. The second kappa shape index (κ2) is 5.33. The number of carboxylic acids is 1. The van der Waals surface area contributed by atoms with Gasteiger partial charge in [0.15, 0.2) is 0 Å². The summed E-state index contributed by atoms with van der Waals surface area (Å²) < 4.78 is 3.90. The van der Waals surface area contributed by atoms with E-state index in [-0.39, 0.29) is 21.3 Å². The SMILES string of the molecule is Cc1nsc(NC(=O)c2cccnc2Cl)c1C(=O)O. The molecule has 2 heterocycles. The minimum atomic E-state index is -1.14. The fourth-order valence-electron chi connectivity index (χ4n) is 1.43. The third-order valence-corrected chi connectivity index (χ3v) is 3.46. The Kier molecular flexibility index (Phi) is 3.77. The van der Waals surface area contributed by atoms with Crippen molar-refractivity contribution >= 4 is 40.0 Å². The number of carbonyl (C=O) groups excluding carboxylic acids is 1. The van der Waals surface area contributed by atoms with Gasteiger partial charge >= 0.3 is 5.97 Å². The summed E-state index contributed by atoms with van der Waals surface area (Å²) in [6.07, 6.45) is 1.46. The van der Waals surface area contributed by atoms with Gasteiger partial charge in [-0.1, -0.05) is 11.6 Å². The molecule has 0 aliphatic rings. The van der Waals surface area contributed by atoms with Crippen LogP contribution >= 0.6 is 23.1 Å². The predicted molar refractivity (Wildman–Crippen MR) is 71.0 cm³/mol. The zero-order chi connectivity index (χ0) is 14.0. The Labute approximate surface area is 117 Å². The van der Waals surface area contributed by atoms with E-state index in [1.807, 2.05) is 0 Å². The molecule has 0 spiro atoms. The Morgan fingerprint density at radius 2 is 2.21 bits per heavy atom. The van der Waals surface area contributed by atoms with Crippen molar-refractivity contribution in [2.75, 3.05) is 5.32 Å². The molecular formula is C11H8ClN3O3S. The smallest absolute Gasteiger partial charge is 0.340 e. The Morgan fingerprint density at radius 3 is 2.84 bits per heavy atom. The molecule has 0 unspecified atom stereocenters. The monoisotopic (exact) mass is 297 g/mol. The standard InChI is InChI=1S/C11H8ClN3O3S/c1-5-7(11(17)18)10(19-15-5)14-9(16)6-3-2-4-13-8(6)12/h2-4H,1H3,(H,14,16)(H,17,18). The lowest BCUT2D eigenvalue weighted by Crippen LogP contribution is -2.14. The number of aromatic carboxylic acids is 1. The molecule has 6 nitrogen and oxygen atoms in total. The minimum Gasteiger partial charge on any atom is -0.478 e. The normalized spacial score (nSPS) is 10.2. The van der Waals surface area contributed by atoms with Crippen molar-refractivity contribution < 1.29 is 14.7 Å². The van der Waals surface area contributed by atoms with Crippen LogP contribution in [0.1, 0.15) is 26.4 Å². The van der Waals surface area contributed by atoms with E-state index in [0.717, 1.165) is 11.5 Å². The van der Waals surface area contributed by atoms with Crippen molar-refractivity contribution in [2.24, 2.45) is 0 Å². The number of anilines is 1. The minimum absolute atomic E-state index is 0.0154. The highest BCUT2D eigenvalue weighted by atomic mass is 35.5. The highest BCUT2D eigenvalue weighted by molar-refractivity contribution is 7.11. The van der Waals surface area contributed by atoms with Gasteiger partial charge in [-0.15, -0.1) is 0 Å². The zero-order valence-corrected chi connectivity index (χ0v) is 11.2. The van der Waals surface area contributed by atoms with E-state index < -0.39 is 11.9 Å². The van der Waals surface area contributed by atoms with Crippen molar-refractivity contribution in [3.63, 3.8) is 0 Å². The van der Waals surface area contributed by atoms with Crippen LogP contribution in [0.4, 0.5) is 5.00 Å². The number of rotatable bonds is 3. The van der Waals surface area contributed by atoms with E-state index in [1.165, 1.54) is 12.3 Å². The van der Waals surface area contributed by atoms with Gasteiger partial charge < -0.3 is 10.4 Å². The first kappa shape index (κ1) is 13.4. The maximum Gasteiger partial charge on any atom is 0.340 e. The Balaban J connectivity index is 2.30. The molecule has 2 aromatic rings. The number of hydrogen-bond acceptors (Lipinski definition) is 5. The second-order valence-corrected chi connectivity index (χ2v) is 4.70. The maximum absolute atomic E-state index is 12.0. The summed E-state index contributed by atoms with van der Waals surface area (Å²) in [4.78, 5) is 26.8. The van der Waals surface area contributed by atoms with Gasteiger partial charge in [-0.25, -0.2) is 9.78 Å². The first-order valence-corrected chi connectivity index (χ1v) is 6.27. The van der Waals surface area contributed by atoms with E-state index >= 15 is 0 Å². The molecule has 19 heavy (non-hydrogen) atoms. The Bertz CT molecular complexity index is 656. The molecule has 2 rings (SSSR count). The summed E-state index contributed by atoms with van der Waals surface area (Å²) in [5.74, 6) is -1.66. The van der Waals surface area contributed by atoms with Gasteiger partial charge in [0.2, 0.25) is 0 Å². The molecule has 0 saturated heterocycles. The largest absolute Gasteiger partial charge is 0.478 e. The number of hydrogen-bond donors (Lipinski definition) is 2. The van der Waals surface area contributed by atoms with Crippen LogP contribution in [-0.4, -0.2) is 26.3 Å². The van der Waals surface area contributed by atoms with Gasteiger partial charge in [0.1, 0.15) is 15.7 Å². The molecule has 0 radical (unpaired) electrons. The third-order valence-electron chi connectivity index (χ3n) is 2.31. The molecule has 0 atom stereocenters. The second-order valence-electron chi connectivity index (χ2n) is 3.57. The van der Waals surface area contributed by atoms with E-state index in [1.54, 1.807) is 13.0 Å². The van der Waals surface area contributed by atoms with Gasteiger partial charge in [0.25, 0.3) is 5.91 Å². The lowest BCUT2D eigenvalue weighted by atomic mass is 10.2. The van der Waals surface area contributed by atoms with E-state index in [2.05, 4.69) is 14.7 Å². The van der Waals surface area contributed by atoms with Gasteiger partial charge in [-0.3, -0.25) is 4.79 Å². The van der Waals surface area contributed by atoms with Crippen molar-refractivity contribution in [1.29, 1.82) is 0 Å². The molecular weight excluding hydrogens is 290 g/mol. The molecule has 2 N–H and O–H groups in total.